The number of methoxy groups -OCH3 is 1. The van der Waals surface area contributed by atoms with E-state index in [0.29, 0.717) is 30.0 Å². The molecular weight excluding hydrogens is 558 g/mol. The monoisotopic (exact) mass is 599 g/mol. The fraction of sp³-hybridized carbons (Fsp3) is 0.469. The molecule has 0 amide bonds. The molecule has 11 nitrogen and oxygen atoms in total. The second kappa shape index (κ2) is 13.4. The molecule has 0 saturated carbocycles. The lowest BCUT2D eigenvalue weighted by molar-refractivity contribution is -0.268. The fourth-order valence-electron chi connectivity index (χ4n) is 5.08. The molecule has 5 atom stereocenters. The second-order valence-corrected chi connectivity index (χ2v) is 10.9. The molecule has 2 aromatic carbocycles. The first-order valence-electron chi connectivity index (χ1n) is 14.4. The maximum atomic E-state index is 14.3. The highest BCUT2D eigenvalue weighted by Crippen LogP contribution is 2.43. The molecule has 2 heterocycles. The number of ether oxygens (including phenoxy) is 3. The zero-order chi connectivity index (χ0) is 31.6. The molecule has 0 bridgehead atoms. The minimum atomic E-state index is -1.70. The van der Waals surface area contributed by atoms with Crippen molar-refractivity contribution in [1.82, 2.24) is 4.90 Å². The number of allylic oxidation sites excluding steroid dienone is 2. The average molecular weight is 600 g/mol. The van der Waals surface area contributed by atoms with E-state index in [1.54, 1.807) is 24.3 Å². The topological polar surface area (TPSA) is 162 Å². The molecule has 1 saturated heterocycles. The Balaban J connectivity index is 2.04. The lowest BCUT2D eigenvalue weighted by atomic mass is 9.97. The predicted octanol–water partition coefficient (Wildman–Crippen LogP) is 3.44. The zero-order valence-corrected chi connectivity index (χ0v) is 25.3. The summed E-state index contributed by atoms with van der Waals surface area (Å²) in [5.74, 6) is -0.525. The van der Waals surface area contributed by atoms with Gasteiger partial charge in [-0.05, 0) is 64.5 Å². The van der Waals surface area contributed by atoms with Crippen molar-refractivity contribution in [2.45, 2.75) is 78.3 Å². The van der Waals surface area contributed by atoms with Crippen LogP contribution < -0.4 is 14.9 Å². The normalized spacial score (nSPS) is 22.1. The highest BCUT2D eigenvalue weighted by molar-refractivity contribution is 5.93. The van der Waals surface area contributed by atoms with Crippen LogP contribution >= 0.6 is 0 Å². The Morgan fingerprint density at radius 3 is 2.21 bits per heavy atom. The summed E-state index contributed by atoms with van der Waals surface area (Å²) in [5, 5.41) is 54.0. The lowest BCUT2D eigenvalue weighted by Gasteiger charge is -2.38. The van der Waals surface area contributed by atoms with E-state index in [4.69, 9.17) is 18.6 Å². The van der Waals surface area contributed by atoms with Gasteiger partial charge in [0.1, 0.15) is 46.5 Å². The predicted molar refractivity (Wildman–Crippen MR) is 161 cm³/mol. The summed E-state index contributed by atoms with van der Waals surface area (Å²) in [6, 6.07) is 6.59. The summed E-state index contributed by atoms with van der Waals surface area (Å²) in [6.45, 7) is 10.7. The van der Waals surface area contributed by atoms with Gasteiger partial charge in [0, 0.05) is 17.7 Å². The zero-order valence-electron chi connectivity index (χ0n) is 25.3. The van der Waals surface area contributed by atoms with Crippen LogP contribution in [-0.2, 0) is 17.7 Å². The maximum Gasteiger partial charge on any atom is 0.239 e. The molecule has 1 aromatic heterocycles. The van der Waals surface area contributed by atoms with Gasteiger partial charge in [-0.15, -0.1) is 0 Å². The molecule has 4 rings (SSSR count). The third kappa shape index (κ3) is 6.36. The number of fused-ring (bicyclic) bond motifs is 1. The van der Waals surface area contributed by atoms with Crippen LogP contribution in [0.15, 0.2) is 45.1 Å². The minimum Gasteiger partial charge on any atom is -0.507 e. The summed E-state index contributed by atoms with van der Waals surface area (Å²) >= 11 is 0. The largest absolute Gasteiger partial charge is 0.507 e. The maximum absolute atomic E-state index is 14.3. The molecule has 0 aliphatic carbocycles. The average Bonchev–Trinajstić information content (AvgIpc) is 2.99. The first-order chi connectivity index (χ1) is 20.4. The molecule has 3 aromatic rings. The number of phenols is 2. The van der Waals surface area contributed by atoms with Crippen molar-refractivity contribution in [3.05, 3.63) is 57.3 Å². The first kappa shape index (κ1) is 32.3. The van der Waals surface area contributed by atoms with Gasteiger partial charge in [-0.25, -0.2) is 0 Å². The van der Waals surface area contributed by atoms with Gasteiger partial charge in [-0.1, -0.05) is 25.5 Å². The van der Waals surface area contributed by atoms with E-state index in [-0.39, 0.29) is 46.8 Å². The van der Waals surface area contributed by atoms with E-state index in [0.717, 1.165) is 5.57 Å². The SMILES string of the molecule is CCN(CC)Cc1c(O)c(CC=C(C)C)c2oc(-c3ccc(OC)cc3)c(O[C@@H]3O[C@@H](C)[C@H](O)[C@@H](O)[C@H]3O)c(=O)c2c1O. The summed E-state index contributed by atoms with van der Waals surface area (Å²) in [7, 11) is 1.51. The Morgan fingerprint density at radius 2 is 1.63 bits per heavy atom. The van der Waals surface area contributed by atoms with Crippen LogP contribution in [0.25, 0.3) is 22.3 Å². The van der Waals surface area contributed by atoms with Gasteiger partial charge in [-0.3, -0.25) is 9.69 Å². The van der Waals surface area contributed by atoms with Gasteiger partial charge >= 0.3 is 0 Å². The van der Waals surface area contributed by atoms with Gasteiger partial charge in [0.25, 0.3) is 0 Å². The van der Waals surface area contributed by atoms with Gasteiger partial charge in [0.2, 0.25) is 17.5 Å². The minimum absolute atomic E-state index is 0.0205. The summed E-state index contributed by atoms with van der Waals surface area (Å²) in [4.78, 5) is 16.3. The number of aliphatic hydroxyl groups is 3. The van der Waals surface area contributed by atoms with E-state index >= 15 is 0 Å². The number of hydrogen-bond acceptors (Lipinski definition) is 11. The Morgan fingerprint density at radius 1 is 0.977 bits per heavy atom. The van der Waals surface area contributed by atoms with Crippen LogP contribution in [0.4, 0.5) is 0 Å². The quantitative estimate of drug-likeness (QED) is 0.217. The van der Waals surface area contributed by atoms with E-state index in [1.807, 2.05) is 38.7 Å². The number of hydrogen-bond donors (Lipinski definition) is 5. The number of aromatic hydroxyl groups is 2. The second-order valence-electron chi connectivity index (χ2n) is 10.9. The van der Waals surface area contributed by atoms with Gasteiger partial charge < -0.3 is 44.2 Å². The molecule has 1 aliphatic rings. The van der Waals surface area contributed by atoms with Crippen molar-refractivity contribution in [2.75, 3.05) is 20.2 Å². The van der Waals surface area contributed by atoms with Gasteiger partial charge in [-0.2, -0.15) is 0 Å². The van der Waals surface area contributed by atoms with Gasteiger partial charge in [0.05, 0.1) is 18.8 Å². The third-order valence-corrected chi connectivity index (χ3v) is 7.82. The van der Waals surface area contributed by atoms with Crippen molar-refractivity contribution in [1.29, 1.82) is 0 Å². The highest BCUT2D eigenvalue weighted by Gasteiger charge is 2.44. The van der Waals surface area contributed by atoms with Crippen molar-refractivity contribution >= 4 is 11.0 Å². The molecule has 0 unspecified atom stereocenters. The molecular formula is C32H41NO10. The number of benzene rings is 2. The molecule has 0 spiro atoms. The Bertz CT molecular complexity index is 1520. The Kier molecular flexibility index (Phi) is 10.0. The van der Waals surface area contributed by atoms with E-state index < -0.39 is 41.9 Å². The molecule has 1 aliphatic heterocycles. The number of phenolic OH excluding ortho intramolecular Hbond substituents is 2. The Labute approximate surface area is 250 Å². The Hall–Kier alpha value is -3.61. The van der Waals surface area contributed by atoms with Crippen LogP contribution in [0.1, 0.15) is 45.7 Å². The standard InChI is InChI=1S/C32H41NO10/c1-7-33(8-2)15-21-24(35)20(14-9-16(3)4)30-22(25(21)36)26(37)31(29(42-30)18-10-12-19(40-6)13-11-18)43-32-28(39)27(38)23(34)17(5)41-32/h9-13,17,23,27-28,32,34-36,38-39H,7-8,14-15H2,1-6H3/t17-,23-,27+,28+,32-/m0/s1. The molecule has 0 radical (unpaired) electrons. The van der Waals surface area contributed by atoms with Crippen molar-refractivity contribution < 1.29 is 44.2 Å². The van der Waals surface area contributed by atoms with Crippen molar-refractivity contribution in [2.24, 2.45) is 0 Å². The number of rotatable bonds is 10. The third-order valence-electron chi connectivity index (χ3n) is 7.82. The summed E-state index contributed by atoms with van der Waals surface area (Å²) in [5.41, 5.74) is 1.07. The van der Waals surface area contributed by atoms with Crippen LogP contribution in [0, 0.1) is 0 Å². The van der Waals surface area contributed by atoms with Crippen molar-refractivity contribution in [3.8, 4) is 34.3 Å². The molecule has 5 N–H and O–H groups in total. The van der Waals surface area contributed by atoms with E-state index in [2.05, 4.69) is 0 Å². The lowest BCUT2D eigenvalue weighted by Crippen LogP contribution is -2.58. The molecule has 234 valence electrons. The highest BCUT2D eigenvalue weighted by atomic mass is 16.7. The van der Waals surface area contributed by atoms with Crippen molar-refractivity contribution in [3.63, 3.8) is 0 Å². The molecule has 43 heavy (non-hydrogen) atoms. The molecule has 11 heteroatoms. The van der Waals surface area contributed by atoms with E-state index in [1.165, 1.54) is 14.0 Å². The smallest absolute Gasteiger partial charge is 0.239 e. The van der Waals surface area contributed by atoms with Crippen LogP contribution in [-0.4, -0.2) is 81.3 Å². The fourth-order valence-corrected chi connectivity index (χ4v) is 5.08. The van der Waals surface area contributed by atoms with Crippen LogP contribution in [0.3, 0.4) is 0 Å². The van der Waals surface area contributed by atoms with Gasteiger partial charge in [0.15, 0.2) is 5.76 Å². The first-order valence-corrected chi connectivity index (χ1v) is 14.4. The summed E-state index contributed by atoms with van der Waals surface area (Å²) < 4.78 is 23.2. The molecule has 1 fully saturated rings. The van der Waals surface area contributed by atoms with E-state index in [9.17, 15) is 30.3 Å². The number of nitrogens with zero attached hydrogens (tertiary/aromatic N) is 1. The van der Waals surface area contributed by atoms with Crippen LogP contribution in [0.2, 0.25) is 0 Å². The van der Waals surface area contributed by atoms with Crippen LogP contribution in [0.5, 0.6) is 23.0 Å². The number of aliphatic hydroxyl groups excluding tert-OH is 3. The summed E-state index contributed by atoms with van der Waals surface area (Å²) in [6.07, 6.45) is -5.07.